The Morgan fingerprint density at radius 1 is 0.556 bits per heavy atom. The highest BCUT2D eigenvalue weighted by Crippen LogP contribution is 2.26. The third-order valence-corrected chi connectivity index (χ3v) is 3.58. The van der Waals surface area contributed by atoms with Gasteiger partial charge in [-0.3, -0.25) is 0 Å². The summed E-state index contributed by atoms with van der Waals surface area (Å²) in [6, 6.07) is 15.1. The number of ether oxygens (including phenoxy) is 6. The van der Waals surface area contributed by atoms with Gasteiger partial charge in [0.25, 0.3) is 0 Å². The number of hydrogen-bond acceptors (Lipinski definition) is 6. The Labute approximate surface area is 160 Å². The zero-order valence-corrected chi connectivity index (χ0v) is 16.0. The van der Waals surface area contributed by atoms with Crippen LogP contribution >= 0.6 is 0 Å². The van der Waals surface area contributed by atoms with Crippen LogP contribution in [0.15, 0.2) is 48.5 Å². The molecule has 0 aliphatic heterocycles. The average molecular weight is 376 g/mol. The largest absolute Gasteiger partial charge is 0.493 e. The summed E-state index contributed by atoms with van der Waals surface area (Å²) >= 11 is 0. The van der Waals surface area contributed by atoms with Crippen LogP contribution < -0.4 is 18.9 Å². The predicted molar refractivity (Wildman–Crippen MR) is 103 cm³/mol. The lowest BCUT2D eigenvalue weighted by Crippen LogP contribution is -2.13. The van der Waals surface area contributed by atoms with Crippen LogP contribution in [0.5, 0.6) is 23.0 Å². The van der Waals surface area contributed by atoms with Crippen molar-refractivity contribution in [2.24, 2.45) is 0 Å². The summed E-state index contributed by atoms with van der Waals surface area (Å²) in [6.45, 7) is 5.48. The summed E-state index contributed by atoms with van der Waals surface area (Å²) < 4.78 is 33.1. The molecule has 2 aromatic rings. The van der Waals surface area contributed by atoms with E-state index in [2.05, 4.69) is 0 Å². The summed E-state index contributed by atoms with van der Waals surface area (Å²) in [7, 11) is 1.62. The van der Waals surface area contributed by atoms with E-state index in [1.807, 2.05) is 55.5 Å². The van der Waals surface area contributed by atoms with E-state index < -0.39 is 0 Å². The fraction of sp³-hybridized carbons (Fsp3) is 0.429. The van der Waals surface area contributed by atoms with Crippen molar-refractivity contribution in [3.63, 3.8) is 0 Å². The Bertz CT molecular complexity index is 646. The van der Waals surface area contributed by atoms with Gasteiger partial charge in [-0.1, -0.05) is 24.3 Å². The van der Waals surface area contributed by atoms with Crippen LogP contribution in [-0.4, -0.2) is 53.4 Å². The Hall–Kier alpha value is -2.44. The van der Waals surface area contributed by atoms with Crippen molar-refractivity contribution in [2.75, 3.05) is 53.4 Å². The SMILES string of the molecule is CCOCCOc1ccccc1OCCOCCOc1ccccc1OC. The molecule has 0 radical (unpaired) electrons. The first-order chi connectivity index (χ1) is 13.3. The van der Waals surface area contributed by atoms with Crippen molar-refractivity contribution in [3.8, 4) is 23.0 Å². The molecule has 0 N–H and O–H groups in total. The molecule has 0 aliphatic rings. The maximum absolute atomic E-state index is 5.74. The highest BCUT2D eigenvalue weighted by Gasteiger charge is 2.05. The van der Waals surface area contributed by atoms with Crippen molar-refractivity contribution < 1.29 is 28.4 Å². The highest BCUT2D eigenvalue weighted by molar-refractivity contribution is 5.40. The summed E-state index contributed by atoms with van der Waals surface area (Å²) in [5, 5.41) is 0. The van der Waals surface area contributed by atoms with Crippen LogP contribution in [0.1, 0.15) is 6.92 Å². The van der Waals surface area contributed by atoms with E-state index in [0.717, 1.165) is 0 Å². The fourth-order valence-corrected chi connectivity index (χ4v) is 2.30. The molecule has 2 rings (SSSR count). The van der Waals surface area contributed by atoms with E-state index in [4.69, 9.17) is 28.4 Å². The number of para-hydroxylation sites is 4. The summed E-state index contributed by atoms with van der Waals surface area (Å²) in [5.41, 5.74) is 0. The molecule has 0 amide bonds. The van der Waals surface area contributed by atoms with Crippen LogP contribution in [0.3, 0.4) is 0 Å². The van der Waals surface area contributed by atoms with Gasteiger partial charge in [-0.25, -0.2) is 0 Å². The molecule has 0 heterocycles. The first-order valence-electron chi connectivity index (χ1n) is 9.11. The van der Waals surface area contributed by atoms with Gasteiger partial charge in [-0.2, -0.15) is 0 Å². The van der Waals surface area contributed by atoms with Crippen molar-refractivity contribution >= 4 is 0 Å². The molecular formula is C21H28O6. The Morgan fingerprint density at radius 3 is 1.41 bits per heavy atom. The quantitative estimate of drug-likeness (QED) is 0.470. The van der Waals surface area contributed by atoms with Gasteiger partial charge in [0.15, 0.2) is 23.0 Å². The third kappa shape index (κ3) is 7.76. The number of benzene rings is 2. The molecule has 6 heteroatoms. The molecule has 0 atom stereocenters. The van der Waals surface area contributed by atoms with Gasteiger partial charge in [0.05, 0.1) is 26.9 Å². The standard InChI is InChI=1S/C21H28O6/c1-3-23-12-15-26-20-10-6-7-11-21(20)27-17-14-24-13-16-25-19-9-5-4-8-18(19)22-2/h4-11H,3,12-17H2,1-2H3. The Balaban J connectivity index is 1.61. The van der Waals surface area contributed by atoms with Crippen LogP contribution in [-0.2, 0) is 9.47 Å². The molecule has 0 aliphatic carbocycles. The smallest absolute Gasteiger partial charge is 0.161 e. The van der Waals surface area contributed by atoms with Crippen molar-refractivity contribution in [3.05, 3.63) is 48.5 Å². The average Bonchev–Trinajstić information content (AvgIpc) is 2.71. The van der Waals surface area contributed by atoms with Crippen LogP contribution in [0.2, 0.25) is 0 Å². The number of methoxy groups -OCH3 is 1. The van der Waals surface area contributed by atoms with Gasteiger partial charge in [-0.15, -0.1) is 0 Å². The van der Waals surface area contributed by atoms with E-state index >= 15 is 0 Å². The van der Waals surface area contributed by atoms with Gasteiger partial charge in [0.1, 0.15) is 19.8 Å². The molecule has 0 bridgehead atoms. The van der Waals surface area contributed by atoms with Crippen LogP contribution in [0, 0.1) is 0 Å². The van der Waals surface area contributed by atoms with Crippen molar-refractivity contribution in [1.29, 1.82) is 0 Å². The second kappa shape index (κ2) is 12.8. The monoisotopic (exact) mass is 376 g/mol. The minimum absolute atomic E-state index is 0.431. The van der Waals surface area contributed by atoms with Gasteiger partial charge < -0.3 is 28.4 Å². The Morgan fingerprint density at radius 2 is 0.963 bits per heavy atom. The van der Waals surface area contributed by atoms with Crippen LogP contribution in [0.25, 0.3) is 0 Å². The molecule has 27 heavy (non-hydrogen) atoms. The first kappa shape index (κ1) is 20.9. The maximum Gasteiger partial charge on any atom is 0.161 e. The van der Waals surface area contributed by atoms with Gasteiger partial charge in [0.2, 0.25) is 0 Å². The number of rotatable bonds is 14. The molecule has 0 fully saturated rings. The molecule has 0 saturated heterocycles. The van der Waals surface area contributed by atoms with E-state index in [9.17, 15) is 0 Å². The van der Waals surface area contributed by atoms with E-state index in [1.54, 1.807) is 7.11 Å². The fourth-order valence-electron chi connectivity index (χ4n) is 2.30. The summed E-state index contributed by atoms with van der Waals surface area (Å²) in [6.07, 6.45) is 0. The van der Waals surface area contributed by atoms with E-state index in [1.165, 1.54) is 0 Å². The molecule has 148 valence electrons. The lowest BCUT2D eigenvalue weighted by atomic mass is 10.3. The molecule has 0 aromatic heterocycles. The lowest BCUT2D eigenvalue weighted by Gasteiger charge is -2.13. The first-order valence-corrected chi connectivity index (χ1v) is 9.11. The normalized spacial score (nSPS) is 10.4. The van der Waals surface area contributed by atoms with E-state index in [-0.39, 0.29) is 0 Å². The van der Waals surface area contributed by atoms with E-state index in [0.29, 0.717) is 69.2 Å². The zero-order chi connectivity index (χ0) is 19.2. The van der Waals surface area contributed by atoms with Gasteiger partial charge in [-0.05, 0) is 31.2 Å². The van der Waals surface area contributed by atoms with Crippen molar-refractivity contribution in [2.45, 2.75) is 6.92 Å². The molecular weight excluding hydrogens is 348 g/mol. The lowest BCUT2D eigenvalue weighted by molar-refractivity contribution is 0.0738. The molecule has 0 unspecified atom stereocenters. The minimum Gasteiger partial charge on any atom is -0.493 e. The van der Waals surface area contributed by atoms with Crippen molar-refractivity contribution in [1.82, 2.24) is 0 Å². The predicted octanol–water partition coefficient (Wildman–Crippen LogP) is 3.58. The molecule has 6 nitrogen and oxygen atoms in total. The molecule has 2 aromatic carbocycles. The van der Waals surface area contributed by atoms with Crippen LogP contribution in [0.4, 0.5) is 0 Å². The van der Waals surface area contributed by atoms with Gasteiger partial charge in [0, 0.05) is 6.61 Å². The Kier molecular flexibility index (Phi) is 9.92. The summed E-state index contributed by atoms with van der Waals surface area (Å²) in [4.78, 5) is 0. The second-order valence-corrected chi connectivity index (χ2v) is 5.45. The zero-order valence-electron chi connectivity index (χ0n) is 16.0. The topological polar surface area (TPSA) is 55.4 Å². The second-order valence-electron chi connectivity index (χ2n) is 5.45. The molecule has 0 spiro atoms. The third-order valence-electron chi connectivity index (χ3n) is 3.58. The minimum atomic E-state index is 0.431. The summed E-state index contributed by atoms with van der Waals surface area (Å²) in [5.74, 6) is 2.82. The number of hydrogen-bond donors (Lipinski definition) is 0. The highest BCUT2D eigenvalue weighted by atomic mass is 16.6. The van der Waals surface area contributed by atoms with Gasteiger partial charge >= 0.3 is 0 Å². The maximum atomic E-state index is 5.74. The molecule has 0 saturated carbocycles.